The molecule has 118 valence electrons. The van der Waals surface area contributed by atoms with E-state index in [4.69, 9.17) is 11.6 Å². The van der Waals surface area contributed by atoms with E-state index in [2.05, 4.69) is 10.9 Å². The van der Waals surface area contributed by atoms with Crippen molar-refractivity contribution in [3.63, 3.8) is 0 Å². The Kier molecular flexibility index (Phi) is 4.92. The second kappa shape index (κ2) is 6.89. The molecule has 2 N–H and O–H groups in total. The van der Waals surface area contributed by atoms with Crippen LogP contribution < -0.4 is 10.9 Å². The van der Waals surface area contributed by atoms with Gasteiger partial charge in [-0.25, -0.2) is 0 Å². The number of nitro groups is 1. The summed E-state index contributed by atoms with van der Waals surface area (Å²) in [7, 11) is 0. The van der Waals surface area contributed by atoms with Crippen molar-refractivity contribution in [2.24, 2.45) is 0 Å². The molecule has 8 heteroatoms. The topological polar surface area (TPSA) is 101 Å². The Morgan fingerprint density at radius 3 is 2.26 bits per heavy atom. The van der Waals surface area contributed by atoms with Gasteiger partial charge in [0.05, 0.1) is 10.5 Å². The van der Waals surface area contributed by atoms with Crippen LogP contribution >= 0.6 is 11.6 Å². The van der Waals surface area contributed by atoms with Gasteiger partial charge in [0.15, 0.2) is 0 Å². The van der Waals surface area contributed by atoms with Gasteiger partial charge in [-0.2, -0.15) is 0 Å². The average Bonchev–Trinajstić information content (AvgIpc) is 2.53. The third-order valence-electron chi connectivity index (χ3n) is 3.14. The van der Waals surface area contributed by atoms with Crippen LogP contribution in [0.1, 0.15) is 26.3 Å². The highest BCUT2D eigenvalue weighted by atomic mass is 35.5. The smallest absolute Gasteiger partial charge is 0.267 e. The van der Waals surface area contributed by atoms with Crippen LogP contribution in [0.3, 0.4) is 0 Å². The zero-order chi connectivity index (χ0) is 17.0. The predicted molar refractivity (Wildman–Crippen MR) is 84.2 cm³/mol. The number of hydrazine groups is 1. The molecular weight excluding hydrogens is 322 g/mol. The Balaban J connectivity index is 2.08. The summed E-state index contributed by atoms with van der Waals surface area (Å²) in [6, 6.07) is 10.2. The van der Waals surface area contributed by atoms with E-state index in [1.807, 2.05) is 0 Å². The fourth-order valence-electron chi connectivity index (χ4n) is 1.92. The third kappa shape index (κ3) is 3.83. The molecule has 0 aliphatic heterocycles. The van der Waals surface area contributed by atoms with E-state index in [9.17, 15) is 19.7 Å². The van der Waals surface area contributed by atoms with Gasteiger partial charge in [-0.1, -0.05) is 17.7 Å². The van der Waals surface area contributed by atoms with E-state index in [0.717, 1.165) is 0 Å². The minimum atomic E-state index is -0.645. The number of carbonyl (C=O) groups is 2. The molecule has 2 aromatic rings. The summed E-state index contributed by atoms with van der Waals surface area (Å²) in [5.74, 6) is -1.17. The number of nitro benzene ring substituents is 1. The SMILES string of the molecule is Cc1c(C(=O)NNC(=O)c2ccc(Cl)cc2)cccc1[N+](=O)[O-]. The van der Waals surface area contributed by atoms with E-state index in [1.54, 1.807) is 12.1 Å². The first kappa shape index (κ1) is 16.4. The molecule has 2 amide bonds. The Bertz CT molecular complexity index is 775. The van der Waals surface area contributed by atoms with Gasteiger partial charge in [-0.3, -0.25) is 30.6 Å². The summed E-state index contributed by atoms with van der Waals surface area (Å²) in [5, 5.41) is 11.4. The summed E-state index contributed by atoms with van der Waals surface area (Å²) in [6.07, 6.45) is 0. The molecule has 0 aliphatic carbocycles. The van der Waals surface area contributed by atoms with Gasteiger partial charge in [-0.15, -0.1) is 0 Å². The molecule has 0 saturated carbocycles. The maximum absolute atomic E-state index is 12.1. The lowest BCUT2D eigenvalue weighted by Crippen LogP contribution is -2.41. The van der Waals surface area contributed by atoms with E-state index in [-0.39, 0.29) is 16.8 Å². The van der Waals surface area contributed by atoms with Crippen molar-refractivity contribution >= 4 is 29.1 Å². The van der Waals surface area contributed by atoms with Gasteiger partial charge in [0.2, 0.25) is 0 Å². The molecule has 0 fully saturated rings. The molecule has 0 aromatic heterocycles. The lowest BCUT2D eigenvalue weighted by molar-refractivity contribution is -0.385. The minimum absolute atomic E-state index is 0.107. The molecule has 0 heterocycles. The molecule has 0 spiro atoms. The van der Waals surface area contributed by atoms with Crippen LogP contribution in [0, 0.1) is 17.0 Å². The van der Waals surface area contributed by atoms with E-state index >= 15 is 0 Å². The second-order valence-corrected chi connectivity index (χ2v) is 5.06. The van der Waals surface area contributed by atoms with Crippen molar-refractivity contribution in [3.05, 3.63) is 74.3 Å². The molecule has 2 aromatic carbocycles. The van der Waals surface area contributed by atoms with E-state index < -0.39 is 16.7 Å². The molecule has 0 radical (unpaired) electrons. The highest BCUT2D eigenvalue weighted by molar-refractivity contribution is 6.30. The number of amides is 2. The van der Waals surface area contributed by atoms with E-state index in [1.165, 1.54) is 37.3 Å². The first-order valence-electron chi connectivity index (χ1n) is 6.50. The lowest BCUT2D eigenvalue weighted by atomic mass is 10.1. The average molecular weight is 334 g/mol. The number of nitrogens with zero attached hydrogens (tertiary/aromatic N) is 1. The van der Waals surface area contributed by atoms with Crippen molar-refractivity contribution in [2.45, 2.75) is 6.92 Å². The Labute approximate surface area is 136 Å². The van der Waals surface area contributed by atoms with Gasteiger partial charge in [0, 0.05) is 22.2 Å². The van der Waals surface area contributed by atoms with Crippen molar-refractivity contribution in [3.8, 4) is 0 Å². The van der Waals surface area contributed by atoms with Gasteiger partial charge in [-0.05, 0) is 37.3 Å². The second-order valence-electron chi connectivity index (χ2n) is 4.62. The summed E-state index contributed by atoms with van der Waals surface area (Å²) < 4.78 is 0. The first-order chi connectivity index (χ1) is 10.9. The molecule has 0 bridgehead atoms. The Hall–Kier alpha value is -2.93. The van der Waals surface area contributed by atoms with Crippen molar-refractivity contribution < 1.29 is 14.5 Å². The quantitative estimate of drug-likeness (QED) is 0.665. The molecule has 0 atom stereocenters. The van der Waals surface area contributed by atoms with Gasteiger partial charge in [0.1, 0.15) is 0 Å². The number of carbonyl (C=O) groups excluding carboxylic acids is 2. The fourth-order valence-corrected chi connectivity index (χ4v) is 2.05. The largest absolute Gasteiger partial charge is 0.273 e. The van der Waals surface area contributed by atoms with Crippen LogP contribution in [-0.4, -0.2) is 16.7 Å². The molecule has 0 unspecified atom stereocenters. The number of halogens is 1. The summed E-state index contributed by atoms with van der Waals surface area (Å²) in [4.78, 5) is 34.2. The zero-order valence-electron chi connectivity index (χ0n) is 12.0. The fraction of sp³-hybridized carbons (Fsp3) is 0.0667. The van der Waals surface area contributed by atoms with Crippen LogP contribution in [0.4, 0.5) is 5.69 Å². The van der Waals surface area contributed by atoms with Crippen LogP contribution in [-0.2, 0) is 0 Å². The van der Waals surface area contributed by atoms with Gasteiger partial charge in [0.25, 0.3) is 17.5 Å². The van der Waals surface area contributed by atoms with Crippen LogP contribution in [0.25, 0.3) is 0 Å². The maximum atomic E-state index is 12.1. The highest BCUT2D eigenvalue weighted by Gasteiger charge is 2.18. The molecule has 0 aliphatic rings. The first-order valence-corrected chi connectivity index (χ1v) is 6.88. The minimum Gasteiger partial charge on any atom is -0.267 e. The summed E-state index contributed by atoms with van der Waals surface area (Å²) in [6.45, 7) is 1.47. The van der Waals surface area contributed by atoms with Crippen molar-refractivity contribution in [1.29, 1.82) is 0 Å². The molecule has 7 nitrogen and oxygen atoms in total. The Morgan fingerprint density at radius 1 is 1.04 bits per heavy atom. The zero-order valence-corrected chi connectivity index (χ0v) is 12.8. The summed E-state index contributed by atoms with van der Waals surface area (Å²) in [5.41, 5.74) is 4.94. The number of hydrogen-bond acceptors (Lipinski definition) is 4. The van der Waals surface area contributed by atoms with Crippen LogP contribution in [0.15, 0.2) is 42.5 Å². The predicted octanol–water partition coefficient (Wildman–Crippen LogP) is 2.63. The Morgan fingerprint density at radius 2 is 1.65 bits per heavy atom. The van der Waals surface area contributed by atoms with Crippen LogP contribution in [0.2, 0.25) is 5.02 Å². The number of benzene rings is 2. The standard InChI is InChI=1S/C15H12ClN3O4/c1-9-12(3-2-4-13(9)19(22)23)15(21)18-17-14(20)10-5-7-11(16)8-6-10/h2-8H,1H3,(H,17,20)(H,18,21). The number of hydrogen-bond donors (Lipinski definition) is 2. The van der Waals surface area contributed by atoms with E-state index in [0.29, 0.717) is 10.6 Å². The molecule has 0 saturated heterocycles. The monoisotopic (exact) mass is 333 g/mol. The highest BCUT2D eigenvalue weighted by Crippen LogP contribution is 2.20. The van der Waals surface area contributed by atoms with Gasteiger partial charge < -0.3 is 0 Å². The van der Waals surface area contributed by atoms with Gasteiger partial charge >= 0.3 is 0 Å². The number of rotatable bonds is 3. The van der Waals surface area contributed by atoms with Crippen LogP contribution in [0.5, 0.6) is 0 Å². The molecule has 23 heavy (non-hydrogen) atoms. The maximum Gasteiger partial charge on any atom is 0.273 e. The van der Waals surface area contributed by atoms with Crippen molar-refractivity contribution in [2.75, 3.05) is 0 Å². The molecule has 2 rings (SSSR count). The normalized spacial score (nSPS) is 10.0. The third-order valence-corrected chi connectivity index (χ3v) is 3.39. The molecular formula is C15H12ClN3O4. The number of nitrogens with one attached hydrogen (secondary N) is 2. The van der Waals surface area contributed by atoms with Crippen molar-refractivity contribution in [1.82, 2.24) is 10.9 Å². The summed E-state index contributed by atoms with van der Waals surface area (Å²) >= 11 is 5.73. The lowest BCUT2D eigenvalue weighted by Gasteiger charge is -2.09.